The van der Waals surface area contributed by atoms with E-state index in [1.807, 2.05) is 5.32 Å². The second-order valence-corrected chi connectivity index (χ2v) is 3.78. The van der Waals surface area contributed by atoms with Crippen molar-refractivity contribution in [1.82, 2.24) is 5.32 Å². The summed E-state index contributed by atoms with van der Waals surface area (Å²) in [7, 11) is 0. The van der Waals surface area contributed by atoms with Crippen molar-refractivity contribution in [3.63, 3.8) is 0 Å². The van der Waals surface area contributed by atoms with Crippen LogP contribution in [0.4, 0.5) is 23.2 Å². The normalized spacial score (nSPS) is 11.4. The minimum atomic E-state index is -4.40. The van der Waals surface area contributed by atoms with Gasteiger partial charge in [-0.05, 0) is 12.1 Å². The summed E-state index contributed by atoms with van der Waals surface area (Å²) in [6.45, 7) is -1.87. The van der Waals surface area contributed by atoms with Crippen LogP contribution in [0.3, 0.4) is 0 Å². The molecule has 2 N–H and O–H groups in total. The van der Waals surface area contributed by atoms with Gasteiger partial charge in [-0.2, -0.15) is 13.2 Å². The number of halogens is 5. The van der Waals surface area contributed by atoms with Gasteiger partial charge in [-0.3, -0.25) is 4.79 Å². The van der Waals surface area contributed by atoms with Gasteiger partial charge in [0, 0.05) is 0 Å². The Labute approximate surface area is 105 Å². The maximum Gasteiger partial charge on any atom is 0.401 e. The van der Waals surface area contributed by atoms with Gasteiger partial charge in [-0.25, -0.2) is 4.39 Å². The fourth-order valence-electron chi connectivity index (χ4n) is 1.11. The summed E-state index contributed by atoms with van der Waals surface area (Å²) < 4.78 is 48.7. The largest absolute Gasteiger partial charge is 0.401 e. The molecule has 0 aliphatic heterocycles. The smallest absolute Gasteiger partial charge is 0.322 e. The molecule has 18 heavy (non-hydrogen) atoms. The second-order valence-electron chi connectivity index (χ2n) is 3.37. The molecule has 0 saturated carbocycles. The van der Waals surface area contributed by atoms with E-state index in [2.05, 4.69) is 5.32 Å². The highest BCUT2D eigenvalue weighted by Gasteiger charge is 2.26. The van der Waals surface area contributed by atoms with E-state index in [-0.39, 0.29) is 10.7 Å². The highest BCUT2D eigenvalue weighted by molar-refractivity contribution is 6.31. The zero-order valence-corrected chi connectivity index (χ0v) is 9.70. The first-order valence-electron chi connectivity index (χ1n) is 4.81. The molecule has 0 atom stereocenters. The van der Waals surface area contributed by atoms with Crippen molar-refractivity contribution < 1.29 is 22.4 Å². The third-order valence-electron chi connectivity index (χ3n) is 1.84. The standard InChI is InChI=1S/C10H9ClF4N2O/c11-6-2-1-3-7(9(6)12)17-8(18)4-16-5-10(13,14)15/h1-3,16H,4-5H2,(H,17,18). The van der Waals surface area contributed by atoms with Gasteiger partial charge >= 0.3 is 6.18 Å². The van der Waals surface area contributed by atoms with Crippen LogP contribution in [0.5, 0.6) is 0 Å². The number of nitrogens with one attached hydrogen (secondary N) is 2. The minimum Gasteiger partial charge on any atom is -0.322 e. The SMILES string of the molecule is O=C(CNCC(F)(F)F)Nc1cccc(Cl)c1F. The van der Waals surface area contributed by atoms with Crippen LogP contribution in [0.2, 0.25) is 5.02 Å². The quantitative estimate of drug-likeness (QED) is 0.835. The summed E-state index contributed by atoms with van der Waals surface area (Å²) in [5.74, 6) is -1.62. The molecule has 0 spiro atoms. The van der Waals surface area contributed by atoms with Gasteiger partial charge in [0.05, 0.1) is 23.8 Å². The van der Waals surface area contributed by atoms with E-state index in [0.29, 0.717) is 0 Å². The number of alkyl halides is 3. The molecule has 0 aliphatic rings. The molecule has 0 radical (unpaired) electrons. The summed E-state index contributed by atoms with van der Waals surface area (Å²) >= 11 is 5.47. The molecule has 0 unspecified atom stereocenters. The molecule has 100 valence electrons. The van der Waals surface area contributed by atoms with Crippen LogP contribution in [0.1, 0.15) is 0 Å². The van der Waals surface area contributed by atoms with Gasteiger partial charge < -0.3 is 10.6 Å². The first kappa shape index (κ1) is 14.7. The average molecular weight is 285 g/mol. The van der Waals surface area contributed by atoms with Crippen molar-refractivity contribution in [3.8, 4) is 0 Å². The van der Waals surface area contributed by atoms with Crippen molar-refractivity contribution in [2.75, 3.05) is 18.4 Å². The van der Waals surface area contributed by atoms with Crippen molar-refractivity contribution in [1.29, 1.82) is 0 Å². The summed E-state index contributed by atoms with van der Waals surface area (Å²) in [5.41, 5.74) is -0.179. The molecule has 3 nitrogen and oxygen atoms in total. The molecule has 1 aromatic carbocycles. The fourth-order valence-corrected chi connectivity index (χ4v) is 1.29. The fraction of sp³-hybridized carbons (Fsp3) is 0.300. The van der Waals surface area contributed by atoms with E-state index in [0.717, 1.165) is 0 Å². The summed E-state index contributed by atoms with van der Waals surface area (Å²) in [6.07, 6.45) is -4.40. The van der Waals surface area contributed by atoms with E-state index in [9.17, 15) is 22.4 Å². The lowest BCUT2D eigenvalue weighted by atomic mass is 10.3. The van der Waals surface area contributed by atoms with Crippen LogP contribution < -0.4 is 10.6 Å². The van der Waals surface area contributed by atoms with E-state index in [1.54, 1.807) is 0 Å². The number of hydrogen-bond donors (Lipinski definition) is 2. The average Bonchev–Trinajstić information content (AvgIpc) is 2.23. The Hall–Kier alpha value is -1.34. The molecule has 1 rings (SSSR count). The molecule has 0 fully saturated rings. The molecule has 0 bridgehead atoms. The monoisotopic (exact) mass is 284 g/mol. The molecule has 0 heterocycles. The third kappa shape index (κ3) is 4.89. The molecular formula is C10H9ClF4N2O. The Balaban J connectivity index is 2.48. The maximum atomic E-state index is 13.3. The van der Waals surface area contributed by atoms with E-state index in [1.165, 1.54) is 18.2 Å². The number of carbonyl (C=O) groups is 1. The first-order valence-corrected chi connectivity index (χ1v) is 5.19. The number of anilines is 1. The van der Waals surface area contributed by atoms with Gasteiger partial charge in [-0.15, -0.1) is 0 Å². The molecule has 0 saturated heterocycles. The zero-order valence-electron chi connectivity index (χ0n) is 8.94. The van der Waals surface area contributed by atoms with Crippen LogP contribution in [-0.4, -0.2) is 25.2 Å². The number of rotatable bonds is 4. The molecule has 8 heteroatoms. The lowest BCUT2D eigenvalue weighted by Crippen LogP contribution is -2.35. The maximum absolute atomic E-state index is 13.3. The molecule has 0 aromatic heterocycles. The van der Waals surface area contributed by atoms with Crippen LogP contribution in [0.15, 0.2) is 18.2 Å². The Morgan fingerprint density at radius 3 is 2.61 bits per heavy atom. The van der Waals surface area contributed by atoms with Crippen LogP contribution in [0.25, 0.3) is 0 Å². The van der Waals surface area contributed by atoms with E-state index < -0.39 is 31.0 Å². The second kappa shape index (κ2) is 6.01. The van der Waals surface area contributed by atoms with Crippen molar-refractivity contribution in [2.24, 2.45) is 0 Å². The lowest BCUT2D eigenvalue weighted by Gasteiger charge is -2.09. The Morgan fingerprint density at radius 2 is 2.00 bits per heavy atom. The van der Waals surface area contributed by atoms with E-state index in [4.69, 9.17) is 11.6 Å². The lowest BCUT2D eigenvalue weighted by molar-refractivity contribution is -0.126. The van der Waals surface area contributed by atoms with Crippen molar-refractivity contribution in [3.05, 3.63) is 29.0 Å². The van der Waals surface area contributed by atoms with Crippen molar-refractivity contribution >= 4 is 23.2 Å². The van der Waals surface area contributed by atoms with Crippen LogP contribution in [-0.2, 0) is 4.79 Å². The topological polar surface area (TPSA) is 41.1 Å². The highest BCUT2D eigenvalue weighted by atomic mass is 35.5. The molecule has 1 amide bonds. The summed E-state index contributed by atoms with van der Waals surface area (Å²) in [6, 6.07) is 3.95. The third-order valence-corrected chi connectivity index (χ3v) is 2.13. The van der Waals surface area contributed by atoms with Gasteiger partial charge in [0.2, 0.25) is 5.91 Å². The number of hydrogen-bond acceptors (Lipinski definition) is 2. The zero-order chi connectivity index (χ0) is 13.8. The van der Waals surface area contributed by atoms with Crippen LogP contribution >= 0.6 is 11.6 Å². The van der Waals surface area contributed by atoms with Gasteiger partial charge in [0.25, 0.3) is 0 Å². The molecular weight excluding hydrogens is 276 g/mol. The Bertz CT molecular complexity index is 436. The van der Waals surface area contributed by atoms with Gasteiger partial charge in [0.15, 0.2) is 5.82 Å². The van der Waals surface area contributed by atoms with Gasteiger partial charge in [-0.1, -0.05) is 17.7 Å². The minimum absolute atomic E-state index is 0.179. The van der Waals surface area contributed by atoms with Crippen LogP contribution in [0, 0.1) is 5.82 Å². The summed E-state index contributed by atoms with van der Waals surface area (Å²) in [4.78, 5) is 11.2. The number of amides is 1. The number of carbonyl (C=O) groups excluding carboxylic acids is 1. The van der Waals surface area contributed by atoms with E-state index >= 15 is 0 Å². The molecule has 0 aliphatic carbocycles. The highest BCUT2D eigenvalue weighted by Crippen LogP contribution is 2.21. The van der Waals surface area contributed by atoms with Crippen molar-refractivity contribution in [2.45, 2.75) is 6.18 Å². The Morgan fingerprint density at radius 1 is 1.33 bits per heavy atom. The predicted molar refractivity (Wildman–Crippen MR) is 59.0 cm³/mol. The summed E-state index contributed by atoms with van der Waals surface area (Å²) in [5, 5.41) is 3.81. The Kier molecular flexibility index (Phi) is 4.92. The first-order chi connectivity index (χ1) is 8.29. The molecule has 1 aromatic rings. The van der Waals surface area contributed by atoms with Gasteiger partial charge in [0.1, 0.15) is 0 Å². The predicted octanol–water partition coefficient (Wildman–Crippen LogP) is 2.57. The number of benzene rings is 1.